The molecule has 0 bridgehead atoms. The first-order valence-electron chi connectivity index (χ1n) is 6.37. The summed E-state index contributed by atoms with van der Waals surface area (Å²) >= 11 is 0. The minimum atomic E-state index is -0.307. The highest BCUT2D eigenvalue weighted by Crippen LogP contribution is 2.64. The Hall–Kier alpha value is -1.49. The van der Waals surface area contributed by atoms with Crippen LogP contribution < -0.4 is 4.74 Å². The predicted molar refractivity (Wildman–Crippen MR) is 72.9 cm³/mol. The first-order chi connectivity index (χ1) is 8.30. The molecular formula is C16H21NO. The largest absolute Gasteiger partial charge is 0.496 e. The Kier molecular flexibility index (Phi) is 2.70. The van der Waals surface area contributed by atoms with E-state index in [0.29, 0.717) is 0 Å². The average molecular weight is 243 g/mol. The van der Waals surface area contributed by atoms with Crippen molar-refractivity contribution in [3.05, 3.63) is 28.3 Å². The highest BCUT2D eigenvalue weighted by Gasteiger charge is 2.63. The molecule has 2 heteroatoms. The van der Waals surface area contributed by atoms with E-state index in [1.165, 1.54) is 11.1 Å². The maximum absolute atomic E-state index is 9.60. The van der Waals surface area contributed by atoms with Gasteiger partial charge in [-0.05, 0) is 54.9 Å². The molecule has 0 saturated heterocycles. The molecule has 0 aromatic heterocycles. The molecule has 1 fully saturated rings. The van der Waals surface area contributed by atoms with Gasteiger partial charge in [0, 0.05) is 0 Å². The van der Waals surface area contributed by atoms with Crippen molar-refractivity contribution in [3.8, 4) is 11.8 Å². The van der Waals surface area contributed by atoms with E-state index in [1.807, 2.05) is 0 Å². The summed E-state index contributed by atoms with van der Waals surface area (Å²) in [5, 5.41) is 9.60. The Bertz CT molecular complexity index is 551. The molecule has 0 heterocycles. The number of hydrogen-bond donors (Lipinski definition) is 0. The lowest BCUT2D eigenvalue weighted by Crippen LogP contribution is -2.15. The van der Waals surface area contributed by atoms with E-state index in [1.54, 1.807) is 7.11 Å². The van der Waals surface area contributed by atoms with Crippen LogP contribution in [0.1, 0.15) is 42.5 Å². The molecule has 0 aliphatic heterocycles. The molecule has 0 amide bonds. The number of nitrogens with zero attached hydrogens (tertiary/aromatic N) is 1. The lowest BCUT2D eigenvalue weighted by atomic mass is 9.83. The highest BCUT2D eigenvalue weighted by molar-refractivity contribution is 5.57. The van der Waals surface area contributed by atoms with Gasteiger partial charge in [-0.25, -0.2) is 0 Å². The van der Waals surface area contributed by atoms with E-state index in [4.69, 9.17) is 4.74 Å². The van der Waals surface area contributed by atoms with Crippen molar-refractivity contribution in [2.75, 3.05) is 7.11 Å². The maximum atomic E-state index is 9.60. The van der Waals surface area contributed by atoms with Crippen LogP contribution in [0.4, 0.5) is 0 Å². The molecule has 1 saturated carbocycles. The van der Waals surface area contributed by atoms with Gasteiger partial charge in [0.25, 0.3) is 0 Å². The van der Waals surface area contributed by atoms with Gasteiger partial charge >= 0.3 is 0 Å². The number of nitriles is 1. The van der Waals surface area contributed by atoms with Crippen molar-refractivity contribution in [2.24, 2.45) is 5.41 Å². The lowest BCUT2D eigenvalue weighted by Gasteiger charge is -2.20. The molecule has 1 aliphatic rings. The standard InChI is InChI=1S/C16H21NO/c1-10-7-13(11(2)12(3)14(10)18-6)16(9-17)8-15(16,4)5/h7H,8H2,1-6H3. The van der Waals surface area contributed by atoms with Crippen LogP contribution >= 0.6 is 0 Å². The summed E-state index contributed by atoms with van der Waals surface area (Å²) in [5.74, 6) is 0.947. The topological polar surface area (TPSA) is 33.0 Å². The minimum absolute atomic E-state index is 0.0833. The third-order valence-electron chi connectivity index (χ3n) is 4.62. The van der Waals surface area contributed by atoms with Crippen LogP contribution in [0.3, 0.4) is 0 Å². The number of rotatable bonds is 2. The smallest absolute Gasteiger partial charge is 0.124 e. The second-order valence-electron chi connectivity index (χ2n) is 6.10. The van der Waals surface area contributed by atoms with Gasteiger partial charge in [0.05, 0.1) is 18.6 Å². The van der Waals surface area contributed by atoms with Crippen LogP contribution in [0.25, 0.3) is 0 Å². The fourth-order valence-electron chi connectivity index (χ4n) is 3.15. The molecule has 2 rings (SSSR count). The van der Waals surface area contributed by atoms with Crippen molar-refractivity contribution in [1.82, 2.24) is 0 Å². The molecule has 1 aromatic carbocycles. The summed E-state index contributed by atoms with van der Waals surface area (Å²) in [6.45, 7) is 10.6. The van der Waals surface area contributed by atoms with E-state index in [9.17, 15) is 5.26 Å². The zero-order chi connectivity index (χ0) is 13.7. The van der Waals surface area contributed by atoms with Crippen molar-refractivity contribution in [1.29, 1.82) is 5.26 Å². The minimum Gasteiger partial charge on any atom is -0.496 e. The van der Waals surface area contributed by atoms with Crippen LogP contribution in [0.15, 0.2) is 6.07 Å². The number of hydrogen-bond acceptors (Lipinski definition) is 2. The van der Waals surface area contributed by atoms with Gasteiger partial charge in [-0.3, -0.25) is 0 Å². The summed E-state index contributed by atoms with van der Waals surface area (Å²) in [6, 6.07) is 4.69. The van der Waals surface area contributed by atoms with Crippen LogP contribution in [0.5, 0.6) is 5.75 Å². The molecule has 1 aliphatic carbocycles. The number of methoxy groups -OCH3 is 1. The quantitative estimate of drug-likeness (QED) is 0.791. The average Bonchev–Trinajstić information content (AvgIpc) is 2.88. The van der Waals surface area contributed by atoms with E-state index < -0.39 is 0 Å². The molecule has 96 valence electrons. The Morgan fingerprint density at radius 1 is 1.22 bits per heavy atom. The van der Waals surface area contributed by atoms with Gasteiger partial charge in [0.2, 0.25) is 0 Å². The van der Waals surface area contributed by atoms with E-state index in [0.717, 1.165) is 23.3 Å². The van der Waals surface area contributed by atoms with Crippen LogP contribution in [-0.2, 0) is 5.41 Å². The first kappa shape index (κ1) is 13.0. The summed E-state index contributed by atoms with van der Waals surface area (Å²) < 4.78 is 5.45. The van der Waals surface area contributed by atoms with Crippen molar-refractivity contribution < 1.29 is 4.74 Å². The zero-order valence-corrected chi connectivity index (χ0v) is 12.1. The second-order valence-corrected chi connectivity index (χ2v) is 6.10. The van der Waals surface area contributed by atoms with E-state index >= 15 is 0 Å². The Balaban J connectivity index is 2.66. The normalized spacial score (nSPS) is 24.5. The zero-order valence-electron chi connectivity index (χ0n) is 12.1. The molecule has 0 N–H and O–H groups in total. The summed E-state index contributed by atoms with van der Waals surface area (Å²) in [5.41, 5.74) is 4.44. The molecule has 1 atom stereocenters. The molecular weight excluding hydrogens is 222 g/mol. The SMILES string of the molecule is COc1c(C)cc(C2(C#N)CC2(C)C)c(C)c1C. The van der Waals surface area contributed by atoms with Gasteiger partial charge in [0.1, 0.15) is 5.75 Å². The van der Waals surface area contributed by atoms with Crippen LogP contribution in [0.2, 0.25) is 0 Å². The summed E-state index contributed by atoms with van der Waals surface area (Å²) in [7, 11) is 1.70. The Morgan fingerprint density at radius 2 is 1.78 bits per heavy atom. The number of benzene rings is 1. The summed E-state index contributed by atoms with van der Waals surface area (Å²) in [6.07, 6.45) is 0.947. The molecule has 18 heavy (non-hydrogen) atoms. The van der Waals surface area contributed by atoms with Crippen molar-refractivity contribution in [2.45, 2.75) is 46.5 Å². The third-order valence-corrected chi connectivity index (χ3v) is 4.62. The number of aryl methyl sites for hydroxylation is 1. The lowest BCUT2D eigenvalue weighted by molar-refractivity contribution is 0.407. The van der Waals surface area contributed by atoms with Crippen LogP contribution in [-0.4, -0.2) is 7.11 Å². The molecule has 1 unspecified atom stereocenters. The van der Waals surface area contributed by atoms with E-state index in [2.05, 4.69) is 46.8 Å². The van der Waals surface area contributed by atoms with Crippen molar-refractivity contribution in [3.63, 3.8) is 0 Å². The van der Waals surface area contributed by atoms with Gasteiger partial charge in [0.15, 0.2) is 0 Å². The first-order valence-corrected chi connectivity index (χ1v) is 6.37. The predicted octanol–water partition coefficient (Wildman–Crippen LogP) is 3.81. The molecule has 0 spiro atoms. The second kappa shape index (κ2) is 3.75. The highest BCUT2D eigenvalue weighted by atomic mass is 16.5. The third kappa shape index (κ3) is 1.47. The van der Waals surface area contributed by atoms with Gasteiger partial charge in [-0.2, -0.15) is 5.26 Å². The molecule has 2 nitrogen and oxygen atoms in total. The Labute approximate surface area is 110 Å². The van der Waals surface area contributed by atoms with Gasteiger partial charge in [-0.15, -0.1) is 0 Å². The Morgan fingerprint density at radius 3 is 2.17 bits per heavy atom. The van der Waals surface area contributed by atoms with Crippen molar-refractivity contribution >= 4 is 0 Å². The fourth-order valence-corrected chi connectivity index (χ4v) is 3.15. The monoisotopic (exact) mass is 243 g/mol. The molecule has 0 radical (unpaired) electrons. The van der Waals surface area contributed by atoms with Gasteiger partial charge in [-0.1, -0.05) is 19.9 Å². The maximum Gasteiger partial charge on any atom is 0.124 e. The number of ether oxygens (including phenoxy) is 1. The van der Waals surface area contributed by atoms with E-state index in [-0.39, 0.29) is 10.8 Å². The summed E-state index contributed by atoms with van der Waals surface area (Å²) in [4.78, 5) is 0. The van der Waals surface area contributed by atoms with Gasteiger partial charge < -0.3 is 4.74 Å². The van der Waals surface area contributed by atoms with Crippen LogP contribution in [0, 0.1) is 37.5 Å². The molecule has 1 aromatic rings. The fraction of sp³-hybridized carbons (Fsp3) is 0.562.